The minimum atomic E-state index is -1.21. The third-order valence-corrected chi connectivity index (χ3v) is 3.62. The number of nitrogens with one attached hydrogen (secondary N) is 2. The number of allylic oxidation sites excluding steroid dienone is 2. The summed E-state index contributed by atoms with van der Waals surface area (Å²) in [6.07, 6.45) is 5.57. The Labute approximate surface area is 105 Å². The van der Waals surface area contributed by atoms with Crippen LogP contribution in [0.5, 0.6) is 0 Å². The Kier molecular flexibility index (Phi) is 2.87. The van der Waals surface area contributed by atoms with Crippen LogP contribution in [0.3, 0.4) is 0 Å². The topological polar surface area (TPSA) is 58.2 Å². The molecule has 0 radical (unpaired) electrons. The Hall–Kier alpha value is -1.49. The molecular formula is C12H14N2O2S. The molecule has 1 atom stereocenters. The third kappa shape index (κ3) is 1.61. The van der Waals surface area contributed by atoms with Crippen LogP contribution in [0.2, 0.25) is 0 Å². The van der Waals surface area contributed by atoms with E-state index in [9.17, 15) is 9.59 Å². The predicted octanol–water partition coefficient (Wildman–Crippen LogP) is 1.05. The molecule has 1 aliphatic carbocycles. The van der Waals surface area contributed by atoms with Gasteiger partial charge in [-0.2, -0.15) is 0 Å². The van der Waals surface area contributed by atoms with Crippen molar-refractivity contribution in [3.05, 3.63) is 24.3 Å². The van der Waals surface area contributed by atoms with Crippen LogP contribution in [-0.4, -0.2) is 16.9 Å². The first kappa shape index (κ1) is 12.0. The zero-order chi connectivity index (χ0) is 12.6. The Morgan fingerprint density at radius 3 is 2.47 bits per heavy atom. The lowest BCUT2D eigenvalue weighted by Crippen LogP contribution is -2.64. The molecular weight excluding hydrogens is 236 g/mol. The summed E-state index contributed by atoms with van der Waals surface area (Å²) in [5.74, 6) is -0.867. The standard InChI is InChI=1S/C12H14N2O2S/c1-7(2)12(8-5-3-4-6-8)9(15)13-11(17)14-10(12)16/h3,5,8H,1,4,6H2,2H3,(H2,13,14,15,16,17). The summed E-state index contributed by atoms with van der Waals surface area (Å²) >= 11 is 4.81. The van der Waals surface area contributed by atoms with Crippen molar-refractivity contribution in [2.24, 2.45) is 11.3 Å². The second kappa shape index (κ2) is 4.07. The SMILES string of the molecule is C=C(C)C1(C2C=CCC2)C(=O)NC(=S)NC1=O. The lowest BCUT2D eigenvalue weighted by Gasteiger charge is -2.39. The number of carbonyl (C=O) groups is 2. The molecule has 1 fully saturated rings. The van der Waals surface area contributed by atoms with Crippen LogP contribution in [0.1, 0.15) is 19.8 Å². The average Bonchev–Trinajstić information content (AvgIpc) is 2.69. The van der Waals surface area contributed by atoms with Crippen LogP contribution in [0.25, 0.3) is 0 Å². The number of amides is 2. The Morgan fingerprint density at radius 2 is 2.06 bits per heavy atom. The molecule has 1 heterocycles. The molecule has 2 amide bonds. The van der Waals surface area contributed by atoms with Gasteiger partial charge in [-0.25, -0.2) is 0 Å². The van der Waals surface area contributed by atoms with Crippen LogP contribution >= 0.6 is 12.2 Å². The van der Waals surface area contributed by atoms with E-state index < -0.39 is 5.41 Å². The van der Waals surface area contributed by atoms with E-state index in [0.717, 1.165) is 12.8 Å². The summed E-state index contributed by atoms with van der Waals surface area (Å²) in [5.41, 5.74) is -0.665. The number of carbonyl (C=O) groups excluding carboxylic acids is 2. The van der Waals surface area contributed by atoms with Crippen LogP contribution in [-0.2, 0) is 9.59 Å². The van der Waals surface area contributed by atoms with Crippen LogP contribution < -0.4 is 10.6 Å². The Balaban J connectivity index is 2.49. The van der Waals surface area contributed by atoms with Crippen molar-refractivity contribution in [2.75, 3.05) is 0 Å². The zero-order valence-corrected chi connectivity index (χ0v) is 10.4. The molecule has 2 rings (SSSR count). The maximum absolute atomic E-state index is 12.2. The van der Waals surface area contributed by atoms with Crippen LogP contribution in [0.15, 0.2) is 24.3 Å². The monoisotopic (exact) mass is 250 g/mol. The van der Waals surface area contributed by atoms with Gasteiger partial charge in [0.2, 0.25) is 11.8 Å². The summed E-state index contributed by atoms with van der Waals surface area (Å²) in [5, 5.41) is 5.12. The van der Waals surface area contributed by atoms with Gasteiger partial charge in [0.25, 0.3) is 0 Å². The van der Waals surface area contributed by atoms with Gasteiger partial charge in [0.1, 0.15) is 0 Å². The van der Waals surface area contributed by atoms with Crippen molar-refractivity contribution in [1.29, 1.82) is 0 Å². The van der Waals surface area contributed by atoms with Crippen molar-refractivity contribution >= 4 is 29.1 Å². The molecule has 0 aromatic heterocycles. The molecule has 0 aromatic carbocycles. The highest BCUT2D eigenvalue weighted by Crippen LogP contribution is 2.42. The van der Waals surface area contributed by atoms with Crippen molar-refractivity contribution in [2.45, 2.75) is 19.8 Å². The molecule has 2 N–H and O–H groups in total. The van der Waals surface area contributed by atoms with E-state index in [1.165, 1.54) is 0 Å². The first-order valence-electron chi connectivity index (χ1n) is 5.49. The molecule has 17 heavy (non-hydrogen) atoms. The zero-order valence-electron chi connectivity index (χ0n) is 9.58. The van der Waals surface area contributed by atoms with E-state index >= 15 is 0 Å². The van der Waals surface area contributed by atoms with Crippen molar-refractivity contribution in [1.82, 2.24) is 10.6 Å². The smallest absolute Gasteiger partial charge is 0.246 e. The van der Waals surface area contributed by atoms with Crippen LogP contribution in [0.4, 0.5) is 0 Å². The van der Waals surface area contributed by atoms with E-state index in [0.29, 0.717) is 5.57 Å². The number of hydrogen-bond donors (Lipinski definition) is 2. The summed E-state index contributed by atoms with van der Waals surface area (Å²) < 4.78 is 0. The van der Waals surface area contributed by atoms with E-state index in [4.69, 9.17) is 12.2 Å². The number of thiocarbonyl (C=S) groups is 1. The minimum absolute atomic E-state index is 0.0684. The third-order valence-electron chi connectivity index (χ3n) is 3.41. The molecule has 1 aliphatic heterocycles. The molecule has 1 saturated heterocycles. The van der Waals surface area contributed by atoms with E-state index in [2.05, 4.69) is 17.2 Å². The fraction of sp³-hybridized carbons (Fsp3) is 0.417. The lowest BCUT2D eigenvalue weighted by atomic mass is 9.68. The Morgan fingerprint density at radius 1 is 1.47 bits per heavy atom. The van der Waals surface area contributed by atoms with Crippen molar-refractivity contribution < 1.29 is 9.59 Å². The van der Waals surface area contributed by atoms with E-state index in [-0.39, 0.29) is 22.8 Å². The van der Waals surface area contributed by atoms with Gasteiger partial charge in [0.15, 0.2) is 10.5 Å². The highest BCUT2D eigenvalue weighted by atomic mass is 32.1. The van der Waals surface area contributed by atoms with Crippen molar-refractivity contribution in [3.8, 4) is 0 Å². The van der Waals surface area contributed by atoms with Gasteiger partial charge in [-0.15, -0.1) is 0 Å². The van der Waals surface area contributed by atoms with E-state index in [1.54, 1.807) is 6.92 Å². The highest BCUT2D eigenvalue weighted by Gasteiger charge is 2.54. The molecule has 0 aromatic rings. The summed E-state index contributed by atoms with van der Waals surface area (Å²) in [6.45, 7) is 5.53. The van der Waals surface area contributed by atoms with Gasteiger partial charge < -0.3 is 10.6 Å². The second-order valence-electron chi connectivity index (χ2n) is 4.44. The summed E-state index contributed by atoms with van der Waals surface area (Å²) in [4.78, 5) is 24.4. The van der Waals surface area contributed by atoms with Gasteiger partial charge in [0, 0.05) is 5.92 Å². The Bertz CT molecular complexity index is 433. The van der Waals surface area contributed by atoms with Gasteiger partial charge >= 0.3 is 0 Å². The molecule has 0 spiro atoms. The van der Waals surface area contributed by atoms with Gasteiger partial charge in [-0.05, 0) is 32.0 Å². The quantitative estimate of drug-likeness (QED) is 0.437. The number of hydrogen-bond acceptors (Lipinski definition) is 3. The largest absolute Gasteiger partial charge is 0.302 e. The van der Waals surface area contributed by atoms with Crippen LogP contribution in [0, 0.1) is 11.3 Å². The summed E-state index contributed by atoms with van der Waals surface area (Å²) in [7, 11) is 0. The maximum Gasteiger partial charge on any atom is 0.246 e. The first-order valence-corrected chi connectivity index (χ1v) is 5.90. The fourth-order valence-electron chi connectivity index (χ4n) is 2.57. The molecule has 5 heteroatoms. The first-order chi connectivity index (χ1) is 7.99. The molecule has 1 unspecified atom stereocenters. The molecule has 2 aliphatic rings. The second-order valence-corrected chi connectivity index (χ2v) is 4.85. The van der Waals surface area contributed by atoms with Gasteiger partial charge in [0.05, 0.1) is 0 Å². The summed E-state index contributed by atoms with van der Waals surface area (Å²) in [6, 6.07) is 0. The fourth-order valence-corrected chi connectivity index (χ4v) is 2.76. The maximum atomic E-state index is 12.2. The van der Waals surface area contributed by atoms with Gasteiger partial charge in [-0.1, -0.05) is 24.3 Å². The number of rotatable bonds is 2. The molecule has 0 saturated carbocycles. The predicted molar refractivity (Wildman–Crippen MR) is 68.0 cm³/mol. The van der Waals surface area contributed by atoms with Crippen molar-refractivity contribution in [3.63, 3.8) is 0 Å². The normalized spacial score (nSPS) is 26.6. The molecule has 4 nitrogen and oxygen atoms in total. The molecule has 0 bridgehead atoms. The lowest BCUT2D eigenvalue weighted by molar-refractivity contribution is -0.143. The highest BCUT2D eigenvalue weighted by molar-refractivity contribution is 7.80. The molecule has 90 valence electrons. The van der Waals surface area contributed by atoms with Gasteiger partial charge in [-0.3, -0.25) is 9.59 Å². The minimum Gasteiger partial charge on any atom is -0.302 e. The average molecular weight is 250 g/mol. The van der Waals surface area contributed by atoms with E-state index in [1.807, 2.05) is 12.2 Å².